The number of amides is 10. The molecule has 5 aliphatic rings. The quantitative estimate of drug-likeness (QED) is 0.0428. The smallest absolute Gasteiger partial charge is 0.246 e. The lowest BCUT2D eigenvalue weighted by molar-refractivity contribution is -0.221. The molecule has 4 fully saturated rings. The number of alkyl halides is 1. The van der Waals surface area contributed by atoms with E-state index in [0.29, 0.717) is 12.0 Å². The molecule has 3 saturated carbocycles. The molecule has 27 nitrogen and oxygen atoms in total. The Morgan fingerprint density at radius 2 is 1.16 bits per heavy atom. The van der Waals surface area contributed by atoms with Crippen LogP contribution in [0.3, 0.4) is 0 Å². The van der Waals surface area contributed by atoms with E-state index in [0.717, 1.165) is 9.80 Å². The second-order valence-electron chi connectivity index (χ2n) is 36.6. The topological polar surface area (TPSA) is 340 Å². The summed E-state index contributed by atoms with van der Waals surface area (Å²) in [6, 6.07) is -11.6. The molecule has 0 bridgehead atoms. The monoisotopic (exact) mass is 1610 g/mol. The molecule has 1 saturated heterocycles. The minimum atomic E-state index is -2.23. The summed E-state index contributed by atoms with van der Waals surface area (Å²) in [4.78, 5) is 202. The number of fused-ring (bicyclic) bond motifs is 5. The zero-order valence-electron chi connectivity index (χ0n) is 73.5. The van der Waals surface area contributed by atoms with Crippen LogP contribution >= 0.6 is 0 Å². The lowest BCUT2D eigenvalue weighted by Gasteiger charge is -2.62. The van der Waals surface area contributed by atoms with Crippen LogP contribution in [-0.2, 0) is 71.8 Å². The minimum Gasteiger partial charge on any atom is -0.390 e. The molecule has 1 heterocycles. The van der Waals surface area contributed by atoms with Crippen molar-refractivity contribution in [2.45, 2.75) is 287 Å². The summed E-state index contributed by atoms with van der Waals surface area (Å²) in [5.41, 5.74) is -6.48. The zero-order chi connectivity index (χ0) is 86.8. The van der Waals surface area contributed by atoms with Gasteiger partial charge >= 0.3 is 0 Å². The Kier molecular flexibility index (Phi) is 34.3. The maximum absolute atomic E-state index is 18.2. The van der Waals surface area contributed by atoms with E-state index in [-0.39, 0.29) is 93.7 Å². The number of carbonyl (C=O) groups is 13. The van der Waals surface area contributed by atoms with E-state index < -0.39 is 221 Å². The number of hydrogen-bond donors (Lipinski definition) is 5. The van der Waals surface area contributed by atoms with Gasteiger partial charge in [-0.05, 0) is 150 Å². The van der Waals surface area contributed by atoms with Gasteiger partial charge in [-0.15, -0.1) is 0 Å². The third-order valence-corrected chi connectivity index (χ3v) is 25.5. The highest BCUT2D eigenvalue weighted by atomic mass is 19.1. The fourth-order valence-electron chi connectivity index (χ4n) is 18.7. The van der Waals surface area contributed by atoms with Gasteiger partial charge in [-0.25, -0.2) is 4.39 Å². The number of nitrogens with one attached hydrogen (secondary N) is 3. The lowest BCUT2D eigenvalue weighted by Crippen LogP contribution is -2.69. The second-order valence-corrected chi connectivity index (χ2v) is 36.6. The van der Waals surface area contributed by atoms with Crippen LogP contribution in [-0.4, -0.2) is 268 Å². The third-order valence-electron chi connectivity index (χ3n) is 25.5. The van der Waals surface area contributed by atoms with E-state index in [2.05, 4.69) is 16.0 Å². The van der Waals surface area contributed by atoms with Gasteiger partial charge in [0.05, 0.1) is 24.8 Å². The molecule has 5 rings (SSSR count). The zero-order valence-corrected chi connectivity index (χ0v) is 73.5. The molecule has 1 aliphatic heterocycles. The number of halogens is 1. The number of likely N-dealkylation sites (N-methyl/N-ethyl adjacent to an activating group) is 7. The lowest BCUT2D eigenvalue weighted by atomic mass is 9.44. The summed E-state index contributed by atoms with van der Waals surface area (Å²) in [5, 5.41) is 33.6. The van der Waals surface area contributed by atoms with Gasteiger partial charge in [0.15, 0.2) is 23.0 Å². The van der Waals surface area contributed by atoms with Crippen LogP contribution in [0.15, 0.2) is 36.0 Å². The van der Waals surface area contributed by atoms with Gasteiger partial charge < -0.3 is 69.9 Å². The maximum atomic E-state index is 18.2. The molecular formula is C86H141FN10O17. The average molecular weight is 1610 g/mol. The first-order chi connectivity index (χ1) is 52.8. The van der Waals surface area contributed by atoms with Crippen molar-refractivity contribution in [3.63, 3.8) is 0 Å². The van der Waals surface area contributed by atoms with Crippen LogP contribution in [0.5, 0.6) is 0 Å². The van der Waals surface area contributed by atoms with E-state index in [1.54, 1.807) is 75.3 Å². The van der Waals surface area contributed by atoms with Crippen LogP contribution in [0.2, 0.25) is 0 Å². The van der Waals surface area contributed by atoms with E-state index in [1.807, 2.05) is 61.5 Å². The number of allylic oxidation sites excluding steroid dienone is 6. The summed E-state index contributed by atoms with van der Waals surface area (Å²) in [6.07, 6.45) is 5.74. The molecule has 0 spiro atoms. The Labute approximate surface area is 678 Å². The van der Waals surface area contributed by atoms with Gasteiger partial charge in [0, 0.05) is 78.4 Å². The molecule has 0 radical (unpaired) electrons. The highest BCUT2D eigenvalue weighted by molar-refractivity contribution is 6.02. The Bertz CT molecular complexity index is 3580. The van der Waals surface area contributed by atoms with E-state index in [4.69, 9.17) is 9.47 Å². The highest BCUT2D eigenvalue weighted by Gasteiger charge is 2.76. The highest BCUT2D eigenvalue weighted by Crippen LogP contribution is 2.71. The number of aliphatic hydroxyl groups is 2. The molecule has 28 heteroatoms. The number of carbonyl (C=O) groups excluding carboxylic acids is 13. The molecule has 5 N–H and O–H groups in total. The van der Waals surface area contributed by atoms with Gasteiger partial charge in [0.2, 0.25) is 59.1 Å². The molecular weight excluding hydrogens is 1460 g/mol. The SMILES string of the molecule is C/C=C/C[C@@H](C)[C@@H](OCOCC(=O)[C@@]1(O)[C@@H](C)C[C@H]2[C@@H]3CCC4=CC(=O)C=C[C@]4(C)[C@@]3(F)[C@@H](O)C[C@@]21C)C1C(=O)NC(CC)C(=O)N(C)CC(=O)N(C)[C@@H](CC(C)C)C(=O)NC(C(C)C)C(=O)N(C)C(CC(C)C)C(=O)CC(C)C(=O)NC(C)C(=O)N(C)C(CC(C)C)C(=O)N(C)C(CC(C)C)C(=O)N(C)C(C(C)C)C(=O)N1C. The summed E-state index contributed by atoms with van der Waals surface area (Å²) in [6.45, 7) is 32.9. The second kappa shape index (κ2) is 40.2. The average Bonchev–Trinajstić information content (AvgIpc) is 1.47. The summed E-state index contributed by atoms with van der Waals surface area (Å²) >= 11 is 0. The predicted octanol–water partition coefficient (Wildman–Crippen LogP) is 7.28. The van der Waals surface area contributed by atoms with Crippen molar-refractivity contribution in [3.05, 3.63) is 36.0 Å². The van der Waals surface area contributed by atoms with Gasteiger partial charge in [-0.3, -0.25) is 62.3 Å². The molecule has 0 aromatic carbocycles. The fraction of sp³-hybridized carbons (Fsp3) is 0.779. The Morgan fingerprint density at radius 3 is 1.69 bits per heavy atom. The van der Waals surface area contributed by atoms with Crippen molar-refractivity contribution in [2.24, 2.45) is 75.9 Å². The molecule has 4 aliphatic carbocycles. The largest absolute Gasteiger partial charge is 0.390 e. The number of ether oxygens (including phenoxy) is 2. The van der Waals surface area contributed by atoms with Crippen molar-refractivity contribution < 1.29 is 86.4 Å². The number of ketones is 3. The van der Waals surface area contributed by atoms with Crippen molar-refractivity contribution in [1.29, 1.82) is 0 Å². The van der Waals surface area contributed by atoms with Crippen LogP contribution in [0.25, 0.3) is 0 Å². The van der Waals surface area contributed by atoms with Crippen LogP contribution < -0.4 is 16.0 Å². The fourth-order valence-corrected chi connectivity index (χ4v) is 18.7. The van der Waals surface area contributed by atoms with Crippen molar-refractivity contribution >= 4 is 76.4 Å². The molecule has 9 unspecified atom stereocenters. The van der Waals surface area contributed by atoms with Crippen LogP contribution in [0, 0.1) is 75.9 Å². The molecule has 114 heavy (non-hydrogen) atoms. The van der Waals surface area contributed by atoms with Gasteiger partial charge in [-0.2, -0.15) is 0 Å². The number of hydrogen-bond acceptors (Lipinski definition) is 17. The first kappa shape index (κ1) is 97.3. The van der Waals surface area contributed by atoms with E-state index in [1.165, 1.54) is 106 Å². The van der Waals surface area contributed by atoms with Gasteiger partial charge in [-0.1, -0.05) is 142 Å². The summed E-state index contributed by atoms with van der Waals surface area (Å²) in [5.74, 6) is -14.4. The Morgan fingerprint density at radius 1 is 0.632 bits per heavy atom. The minimum absolute atomic E-state index is 0.0691. The van der Waals surface area contributed by atoms with Gasteiger partial charge in [0.1, 0.15) is 67.3 Å². The summed E-state index contributed by atoms with van der Waals surface area (Å²) < 4.78 is 31.0. The molecule has 0 aromatic rings. The predicted molar refractivity (Wildman–Crippen MR) is 432 cm³/mol. The Hall–Kier alpha value is -7.30. The molecule has 0 aromatic heterocycles. The van der Waals surface area contributed by atoms with E-state index in [9.17, 15) is 53.4 Å². The van der Waals surface area contributed by atoms with Crippen LogP contribution in [0.4, 0.5) is 4.39 Å². The van der Waals surface area contributed by atoms with Crippen molar-refractivity contribution in [3.8, 4) is 0 Å². The van der Waals surface area contributed by atoms with Crippen LogP contribution in [0.1, 0.15) is 209 Å². The van der Waals surface area contributed by atoms with Gasteiger partial charge in [0.25, 0.3) is 0 Å². The normalized spacial score (nSPS) is 33.3. The maximum Gasteiger partial charge on any atom is 0.246 e. The first-order valence-corrected chi connectivity index (χ1v) is 41.5. The third kappa shape index (κ3) is 21.0. The first-order valence-electron chi connectivity index (χ1n) is 41.5. The standard InChI is InChI=1S/C86H141FN10O17/c1-28-30-31-53(15)73(114-46-113-45-68(101)86(112)55(17)41-60-59-33-32-57-42-58(98)34-35-83(57,19)85(59,87)67(100)43-84(60,86)20)72-76(105)89-61(29-2)78(107)91(21)44-69(102)92(22)63(37-48(5)6)75(104)90-70(51(11)12)81(110)93(23)62(36-47(3)4)66(99)40-54(16)74(103)88-56(18)77(106)94(24)64(38-49(7)8)79(108)95(25)65(39-50(9)10)80(109)96(26)71(52(13)14)82(111)97(72)27/h28,30,34-35,42,47-56,59-65,67,70-73,100,112H,29,31-33,36-41,43-46H2,1-27H3,(H,88,103)(H,89,105)(H,90,104)/b30-28+/t53-,54?,55+,56?,59+,60+,61?,62?,63+,64?,65?,67+,70?,71?,72?,73-,83+,84+,85+,86+/m1/s1. The van der Waals surface area contributed by atoms with E-state index >= 15 is 23.6 Å². The van der Waals surface area contributed by atoms with Crippen molar-refractivity contribution in [2.75, 3.05) is 69.3 Å². The number of Topliss-reactive ketones (excluding diaryl/α,β-unsaturated/α-hetero) is 2. The summed E-state index contributed by atoms with van der Waals surface area (Å²) in [7, 11) is 9.89. The molecule has 644 valence electrons. The van der Waals surface area contributed by atoms with Crippen molar-refractivity contribution in [1.82, 2.24) is 50.2 Å². The number of nitrogens with zero attached hydrogens (tertiary/aromatic N) is 7. The Balaban J connectivity index is 1.65. The molecule has 20 atom stereocenters. The molecule has 10 amide bonds. The number of aliphatic hydroxyl groups excluding tert-OH is 1. The number of rotatable bonds is 21.